The summed E-state index contributed by atoms with van der Waals surface area (Å²) in [5.41, 5.74) is 0.462. The predicted molar refractivity (Wildman–Crippen MR) is 89.8 cm³/mol. The van der Waals surface area contributed by atoms with Crippen molar-refractivity contribution in [1.29, 1.82) is 0 Å². The number of benzene rings is 1. The molecule has 0 spiro atoms. The van der Waals surface area contributed by atoms with Crippen LogP contribution in [0.5, 0.6) is 0 Å². The van der Waals surface area contributed by atoms with E-state index in [9.17, 15) is 9.18 Å². The first-order chi connectivity index (χ1) is 11.0. The Labute approximate surface area is 138 Å². The third-order valence-electron chi connectivity index (χ3n) is 5.24. The van der Waals surface area contributed by atoms with Crippen molar-refractivity contribution in [3.05, 3.63) is 35.6 Å². The summed E-state index contributed by atoms with van der Waals surface area (Å²) < 4.78 is 13.3. The zero-order chi connectivity index (χ0) is 16.4. The highest BCUT2D eigenvalue weighted by atomic mass is 19.1. The number of hydrogen-bond acceptors (Lipinski definition) is 2. The molecule has 1 aromatic rings. The van der Waals surface area contributed by atoms with Gasteiger partial charge in [0.2, 0.25) is 0 Å². The van der Waals surface area contributed by atoms with Gasteiger partial charge in [-0.2, -0.15) is 0 Å². The first-order valence-corrected chi connectivity index (χ1v) is 8.82. The van der Waals surface area contributed by atoms with Gasteiger partial charge in [0.05, 0.1) is 0 Å². The van der Waals surface area contributed by atoms with Gasteiger partial charge in [-0.3, -0.25) is 9.69 Å². The molecule has 3 rings (SSSR count). The maximum atomic E-state index is 13.3. The highest BCUT2D eigenvalue weighted by Gasteiger charge is 2.31. The Balaban J connectivity index is 1.57. The van der Waals surface area contributed by atoms with Crippen molar-refractivity contribution in [3.8, 4) is 0 Å². The predicted octanol–water partition coefficient (Wildman–Crippen LogP) is 3.41. The molecule has 0 saturated carbocycles. The summed E-state index contributed by atoms with van der Waals surface area (Å²) in [5.74, 6) is 1.15. The summed E-state index contributed by atoms with van der Waals surface area (Å²) in [7, 11) is 0. The van der Waals surface area contributed by atoms with Crippen molar-refractivity contribution < 1.29 is 9.18 Å². The third-order valence-corrected chi connectivity index (χ3v) is 5.24. The van der Waals surface area contributed by atoms with Gasteiger partial charge in [0, 0.05) is 37.8 Å². The number of nitrogens with zero attached hydrogens (tertiary/aromatic N) is 2. The highest BCUT2D eigenvalue weighted by molar-refractivity contribution is 5.94. The maximum absolute atomic E-state index is 13.3. The Bertz CT molecular complexity index is 544. The quantitative estimate of drug-likeness (QED) is 0.834. The Kier molecular flexibility index (Phi) is 5.00. The summed E-state index contributed by atoms with van der Waals surface area (Å²) in [4.78, 5) is 17.0. The molecule has 2 saturated heterocycles. The number of rotatable bonds is 2. The molecule has 3 nitrogen and oxygen atoms in total. The van der Waals surface area contributed by atoms with Crippen molar-refractivity contribution in [1.82, 2.24) is 9.80 Å². The van der Waals surface area contributed by atoms with Gasteiger partial charge in [-0.25, -0.2) is 4.39 Å². The minimum Gasteiger partial charge on any atom is -0.339 e. The van der Waals surface area contributed by atoms with Gasteiger partial charge < -0.3 is 4.90 Å². The first kappa shape index (κ1) is 16.4. The Hall–Kier alpha value is -1.42. The van der Waals surface area contributed by atoms with Crippen LogP contribution in [0.4, 0.5) is 4.39 Å². The Morgan fingerprint density at radius 1 is 1.13 bits per heavy atom. The van der Waals surface area contributed by atoms with Crippen LogP contribution in [0.15, 0.2) is 24.3 Å². The number of amides is 1. The number of likely N-dealkylation sites (tertiary alicyclic amines) is 2. The average molecular weight is 318 g/mol. The number of halogens is 1. The maximum Gasteiger partial charge on any atom is 0.253 e. The lowest BCUT2D eigenvalue weighted by Gasteiger charge is -2.43. The molecule has 0 unspecified atom stereocenters. The van der Waals surface area contributed by atoms with Gasteiger partial charge in [-0.15, -0.1) is 0 Å². The lowest BCUT2D eigenvalue weighted by atomic mass is 9.89. The van der Waals surface area contributed by atoms with Crippen LogP contribution in [0.3, 0.4) is 0 Å². The summed E-state index contributed by atoms with van der Waals surface area (Å²) in [6.07, 6.45) is 3.38. The molecule has 0 aromatic heterocycles. The van der Waals surface area contributed by atoms with Gasteiger partial charge in [-0.05, 0) is 49.3 Å². The molecule has 2 fully saturated rings. The average Bonchev–Trinajstić information content (AvgIpc) is 2.53. The minimum atomic E-state index is -0.345. The molecule has 2 aliphatic heterocycles. The lowest BCUT2D eigenvalue weighted by Crippen LogP contribution is -2.50. The van der Waals surface area contributed by atoms with Crippen LogP contribution in [-0.2, 0) is 0 Å². The molecule has 2 aliphatic rings. The Morgan fingerprint density at radius 3 is 2.39 bits per heavy atom. The molecule has 0 aliphatic carbocycles. The highest BCUT2D eigenvalue weighted by Crippen LogP contribution is 2.27. The molecule has 0 radical (unpaired) electrons. The van der Waals surface area contributed by atoms with Crippen LogP contribution in [0.25, 0.3) is 0 Å². The van der Waals surface area contributed by atoms with E-state index in [4.69, 9.17) is 0 Å². The molecule has 1 aromatic carbocycles. The molecule has 2 atom stereocenters. The Morgan fingerprint density at radius 2 is 1.78 bits per heavy atom. The van der Waals surface area contributed by atoms with Gasteiger partial charge in [0.25, 0.3) is 5.91 Å². The fourth-order valence-corrected chi connectivity index (χ4v) is 4.25. The van der Waals surface area contributed by atoms with E-state index >= 15 is 0 Å². The minimum absolute atomic E-state index is 0.0386. The molecule has 1 amide bonds. The summed E-state index contributed by atoms with van der Waals surface area (Å²) in [5, 5.41) is 0. The first-order valence-electron chi connectivity index (χ1n) is 8.82. The standard InChI is InChI=1S/C19H27FN2O/c1-14-10-15(2)13-22(12-14)18-6-8-21(9-7-18)19(23)16-4-3-5-17(20)11-16/h3-5,11,14-15,18H,6-10,12-13H2,1-2H3/t14-,15-/m0/s1. The molecule has 0 N–H and O–H groups in total. The van der Waals surface area contributed by atoms with Crippen molar-refractivity contribution in [2.75, 3.05) is 26.2 Å². The third kappa shape index (κ3) is 3.92. The van der Waals surface area contributed by atoms with Crippen molar-refractivity contribution in [2.24, 2.45) is 11.8 Å². The molecular weight excluding hydrogens is 291 g/mol. The number of hydrogen-bond donors (Lipinski definition) is 0. The lowest BCUT2D eigenvalue weighted by molar-refractivity contribution is 0.0450. The largest absolute Gasteiger partial charge is 0.339 e. The second-order valence-corrected chi connectivity index (χ2v) is 7.43. The van der Waals surface area contributed by atoms with E-state index < -0.39 is 0 Å². The summed E-state index contributed by atoms with van der Waals surface area (Å²) in [6.45, 7) is 8.61. The van der Waals surface area contributed by atoms with E-state index in [0.29, 0.717) is 11.6 Å². The van der Waals surface area contributed by atoms with Gasteiger partial charge in [-0.1, -0.05) is 19.9 Å². The smallest absolute Gasteiger partial charge is 0.253 e. The van der Waals surface area contributed by atoms with E-state index in [-0.39, 0.29) is 11.7 Å². The number of piperidine rings is 2. The molecule has 23 heavy (non-hydrogen) atoms. The monoisotopic (exact) mass is 318 g/mol. The van der Waals surface area contributed by atoms with E-state index in [1.807, 2.05) is 4.90 Å². The van der Waals surface area contributed by atoms with Crippen LogP contribution >= 0.6 is 0 Å². The number of carbonyl (C=O) groups excluding carboxylic acids is 1. The fourth-order valence-electron chi connectivity index (χ4n) is 4.25. The SMILES string of the molecule is C[C@H]1C[C@H](C)CN(C2CCN(C(=O)c3cccc(F)c3)CC2)C1. The second kappa shape index (κ2) is 7.00. The van der Waals surface area contributed by atoms with Crippen LogP contribution in [-0.4, -0.2) is 47.9 Å². The van der Waals surface area contributed by atoms with Crippen molar-refractivity contribution in [3.63, 3.8) is 0 Å². The van der Waals surface area contributed by atoms with Crippen LogP contribution in [0.1, 0.15) is 43.5 Å². The van der Waals surface area contributed by atoms with Gasteiger partial charge in [0.15, 0.2) is 0 Å². The molecule has 0 bridgehead atoms. The van der Waals surface area contributed by atoms with Crippen molar-refractivity contribution >= 4 is 5.91 Å². The van der Waals surface area contributed by atoms with Gasteiger partial charge in [0.1, 0.15) is 5.82 Å². The number of carbonyl (C=O) groups is 1. The normalized spacial score (nSPS) is 27.2. The molecular formula is C19H27FN2O. The zero-order valence-corrected chi connectivity index (χ0v) is 14.2. The van der Waals surface area contributed by atoms with E-state index in [1.54, 1.807) is 12.1 Å². The van der Waals surface area contributed by atoms with Crippen LogP contribution in [0.2, 0.25) is 0 Å². The topological polar surface area (TPSA) is 23.6 Å². The molecule has 126 valence electrons. The van der Waals surface area contributed by atoms with E-state index in [0.717, 1.165) is 37.8 Å². The van der Waals surface area contributed by atoms with Crippen LogP contribution in [0, 0.1) is 17.7 Å². The van der Waals surface area contributed by atoms with E-state index in [2.05, 4.69) is 18.7 Å². The fraction of sp³-hybridized carbons (Fsp3) is 0.632. The van der Waals surface area contributed by atoms with Crippen LogP contribution < -0.4 is 0 Å². The second-order valence-electron chi connectivity index (χ2n) is 7.43. The summed E-state index contributed by atoms with van der Waals surface area (Å²) in [6, 6.07) is 6.61. The van der Waals surface area contributed by atoms with Crippen molar-refractivity contribution in [2.45, 2.75) is 39.2 Å². The molecule has 2 heterocycles. The molecule has 4 heteroatoms. The van der Waals surface area contributed by atoms with E-state index in [1.165, 1.54) is 31.6 Å². The van der Waals surface area contributed by atoms with Gasteiger partial charge >= 0.3 is 0 Å². The zero-order valence-electron chi connectivity index (χ0n) is 14.2. The summed E-state index contributed by atoms with van der Waals surface area (Å²) >= 11 is 0.